The fourth-order valence-electron chi connectivity index (χ4n) is 3.59. The van der Waals surface area contributed by atoms with Crippen molar-refractivity contribution in [3.8, 4) is 5.19 Å². The average molecular weight is 427 g/mol. The molecule has 0 N–H and O–H groups in total. The van der Waals surface area contributed by atoms with Crippen LogP contribution >= 0.6 is 23.1 Å². The van der Waals surface area contributed by atoms with Crippen LogP contribution in [0.2, 0.25) is 0 Å². The van der Waals surface area contributed by atoms with Gasteiger partial charge in [-0.2, -0.15) is 0 Å². The summed E-state index contributed by atoms with van der Waals surface area (Å²) in [6, 6.07) is 14.5. The predicted molar refractivity (Wildman–Crippen MR) is 121 cm³/mol. The third-order valence-corrected chi connectivity index (χ3v) is 7.41. The van der Waals surface area contributed by atoms with Crippen molar-refractivity contribution in [2.45, 2.75) is 44.1 Å². The highest BCUT2D eigenvalue weighted by Crippen LogP contribution is 2.33. The van der Waals surface area contributed by atoms with Crippen LogP contribution in [0.5, 0.6) is 5.19 Å². The standard InChI is InChI=1S/C23H26N2O2S2/c1-16-8-9-17(2)22-21(16)24-23(29-22)27-18-10-13-25(14-11-18)20(26)12-15-28-19-6-4-3-5-7-19/h3-9,18H,10-15H2,1-2H3. The van der Waals surface area contributed by atoms with Gasteiger partial charge in [-0.25, -0.2) is 4.98 Å². The molecule has 0 spiro atoms. The molecule has 1 aliphatic heterocycles. The van der Waals surface area contributed by atoms with Crippen molar-refractivity contribution in [3.63, 3.8) is 0 Å². The van der Waals surface area contributed by atoms with Gasteiger partial charge in [0.1, 0.15) is 6.10 Å². The molecule has 1 aliphatic rings. The summed E-state index contributed by atoms with van der Waals surface area (Å²) in [5, 5.41) is 0.751. The number of aromatic nitrogens is 1. The molecule has 0 bridgehead atoms. The number of carbonyl (C=O) groups excluding carboxylic acids is 1. The summed E-state index contributed by atoms with van der Waals surface area (Å²) in [5.41, 5.74) is 3.48. The fraction of sp³-hybridized carbons (Fsp3) is 0.391. The quantitative estimate of drug-likeness (QED) is 0.491. The lowest BCUT2D eigenvalue weighted by Crippen LogP contribution is -2.41. The molecule has 2 heterocycles. The first-order valence-electron chi connectivity index (χ1n) is 10.1. The van der Waals surface area contributed by atoms with Crippen molar-refractivity contribution < 1.29 is 9.53 Å². The highest BCUT2D eigenvalue weighted by Gasteiger charge is 2.24. The van der Waals surface area contributed by atoms with Crippen molar-refractivity contribution in [1.82, 2.24) is 9.88 Å². The monoisotopic (exact) mass is 426 g/mol. The van der Waals surface area contributed by atoms with Crippen LogP contribution in [0.15, 0.2) is 47.4 Å². The molecule has 1 aromatic heterocycles. The zero-order valence-corrected chi connectivity index (χ0v) is 18.5. The summed E-state index contributed by atoms with van der Waals surface area (Å²) < 4.78 is 7.39. The molecule has 4 rings (SSSR count). The number of aryl methyl sites for hydroxylation is 2. The van der Waals surface area contributed by atoms with E-state index in [-0.39, 0.29) is 12.0 Å². The molecule has 3 aromatic rings. The van der Waals surface area contributed by atoms with Crippen molar-refractivity contribution in [3.05, 3.63) is 53.6 Å². The lowest BCUT2D eigenvalue weighted by atomic mass is 10.1. The topological polar surface area (TPSA) is 42.4 Å². The van der Waals surface area contributed by atoms with E-state index in [9.17, 15) is 4.79 Å². The Morgan fingerprint density at radius 1 is 1.14 bits per heavy atom. The number of ether oxygens (including phenoxy) is 1. The molecule has 1 saturated heterocycles. The number of piperidine rings is 1. The van der Waals surface area contributed by atoms with Gasteiger partial charge in [0.05, 0.1) is 10.2 Å². The smallest absolute Gasteiger partial charge is 0.274 e. The first-order chi connectivity index (χ1) is 14.1. The van der Waals surface area contributed by atoms with Gasteiger partial charge in [-0.3, -0.25) is 4.79 Å². The van der Waals surface area contributed by atoms with Gasteiger partial charge in [0.15, 0.2) is 0 Å². The van der Waals surface area contributed by atoms with Gasteiger partial charge in [-0.05, 0) is 37.1 Å². The summed E-state index contributed by atoms with van der Waals surface area (Å²) in [6.45, 7) is 5.74. The second-order valence-corrected chi connectivity index (χ2v) is 9.60. The van der Waals surface area contributed by atoms with Crippen LogP contribution < -0.4 is 4.74 Å². The first-order valence-corrected chi connectivity index (χ1v) is 11.9. The number of carbonyl (C=O) groups is 1. The van der Waals surface area contributed by atoms with Crippen LogP contribution in [-0.2, 0) is 4.79 Å². The molecular weight excluding hydrogens is 400 g/mol. The molecule has 0 unspecified atom stereocenters. The number of nitrogens with zero attached hydrogens (tertiary/aromatic N) is 2. The van der Waals surface area contributed by atoms with E-state index in [0.29, 0.717) is 6.42 Å². The van der Waals surface area contributed by atoms with E-state index >= 15 is 0 Å². The lowest BCUT2D eigenvalue weighted by Gasteiger charge is -2.31. The van der Waals surface area contributed by atoms with E-state index in [1.54, 1.807) is 23.1 Å². The van der Waals surface area contributed by atoms with Gasteiger partial charge < -0.3 is 9.64 Å². The SMILES string of the molecule is Cc1ccc(C)c2sc(OC3CCN(C(=O)CCSc4ccccc4)CC3)nc12. The molecule has 1 amide bonds. The number of likely N-dealkylation sites (tertiary alicyclic amines) is 1. The summed E-state index contributed by atoms with van der Waals surface area (Å²) in [6.07, 6.45) is 2.46. The number of rotatable bonds is 6. The van der Waals surface area contributed by atoms with Crippen molar-refractivity contribution >= 4 is 39.2 Å². The summed E-state index contributed by atoms with van der Waals surface area (Å²) in [5.74, 6) is 1.07. The third kappa shape index (κ3) is 4.93. The molecule has 0 saturated carbocycles. The summed E-state index contributed by atoms with van der Waals surface area (Å²) >= 11 is 3.37. The number of hydrogen-bond acceptors (Lipinski definition) is 5. The lowest BCUT2D eigenvalue weighted by molar-refractivity contribution is -0.132. The largest absolute Gasteiger partial charge is 0.467 e. The Labute approximate surface area is 180 Å². The zero-order valence-electron chi connectivity index (χ0n) is 16.9. The van der Waals surface area contributed by atoms with E-state index in [0.717, 1.165) is 42.4 Å². The maximum absolute atomic E-state index is 12.5. The minimum absolute atomic E-state index is 0.138. The Morgan fingerprint density at radius 2 is 1.86 bits per heavy atom. The highest BCUT2D eigenvalue weighted by molar-refractivity contribution is 7.99. The van der Waals surface area contributed by atoms with E-state index in [1.807, 2.05) is 23.1 Å². The first kappa shape index (κ1) is 20.2. The number of benzene rings is 2. The van der Waals surface area contributed by atoms with Gasteiger partial charge in [0.25, 0.3) is 5.19 Å². The summed E-state index contributed by atoms with van der Waals surface area (Å²) in [7, 11) is 0. The van der Waals surface area contributed by atoms with E-state index in [4.69, 9.17) is 9.72 Å². The van der Waals surface area contributed by atoms with Gasteiger partial charge in [0.2, 0.25) is 5.91 Å². The Kier molecular flexibility index (Phi) is 6.40. The van der Waals surface area contributed by atoms with Crippen LogP contribution in [-0.4, -0.2) is 40.7 Å². The van der Waals surface area contributed by atoms with Gasteiger partial charge in [0, 0.05) is 43.0 Å². The molecule has 6 heteroatoms. The van der Waals surface area contributed by atoms with E-state index in [1.165, 1.54) is 20.7 Å². The van der Waals surface area contributed by atoms with E-state index < -0.39 is 0 Å². The molecule has 29 heavy (non-hydrogen) atoms. The normalized spacial score (nSPS) is 15.0. The average Bonchev–Trinajstić information content (AvgIpc) is 3.17. The van der Waals surface area contributed by atoms with Crippen LogP contribution in [0.1, 0.15) is 30.4 Å². The second-order valence-electron chi connectivity index (χ2n) is 7.47. The Morgan fingerprint density at radius 3 is 2.59 bits per heavy atom. The molecule has 0 radical (unpaired) electrons. The van der Waals surface area contributed by atoms with Gasteiger partial charge in [-0.15, -0.1) is 11.8 Å². The minimum atomic E-state index is 0.138. The maximum Gasteiger partial charge on any atom is 0.274 e. The van der Waals surface area contributed by atoms with E-state index in [2.05, 4.69) is 38.1 Å². The number of hydrogen-bond donors (Lipinski definition) is 0. The Balaban J connectivity index is 1.25. The van der Waals surface area contributed by atoms with Crippen LogP contribution in [0.25, 0.3) is 10.2 Å². The highest BCUT2D eigenvalue weighted by atomic mass is 32.2. The number of thiazole rings is 1. The molecule has 0 atom stereocenters. The zero-order chi connectivity index (χ0) is 20.2. The minimum Gasteiger partial charge on any atom is -0.467 e. The fourth-order valence-corrected chi connectivity index (χ4v) is 5.48. The Hall–Kier alpha value is -2.05. The van der Waals surface area contributed by atoms with Crippen LogP contribution in [0.3, 0.4) is 0 Å². The number of thioether (sulfide) groups is 1. The molecule has 2 aromatic carbocycles. The second kappa shape index (κ2) is 9.18. The predicted octanol–water partition coefficient (Wildman–Crippen LogP) is 5.47. The molecule has 152 valence electrons. The molecule has 4 nitrogen and oxygen atoms in total. The maximum atomic E-state index is 12.5. The molecule has 0 aliphatic carbocycles. The molecular formula is C23H26N2O2S2. The summed E-state index contributed by atoms with van der Waals surface area (Å²) in [4.78, 5) is 20.4. The van der Waals surface area contributed by atoms with Gasteiger partial charge >= 0.3 is 0 Å². The van der Waals surface area contributed by atoms with Crippen LogP contribution in [0, 0.1) is 13.8 Å². The number of amides is 1. The third-order valence-electron chi connectivity index (χ3n) is 5.31. The van der Waals surface area contributed by atoms with Gasteiger partial charge in [-0.1, -0.05) is 41.7 Å². The Bertz CT molecular complexity index is 940. The molecule has 1 fully saturated rings. The van der Waals surface area contributed by atoms with Crippen LogP contribution in [0.4, 0.5) is 0 Å². The van der Waals surface area contributed by atoms with Crippen molar-refractivity contribution in [1.29, 1.82) is 0 Å². The number of fused-ring (bicyclic) bond motifs is 1. The van der Waals surface area contributed by atoms with Crippen molar-refractivity contribution in [2.75, 3.05) is 18.8 Å². The van der Waals surface area contributed by atoms with Crippen molar-refractivity contribution in [2.24, 2.45) is 0 Å².